The number of benzene rings is 3. The fourth-order valence-electron chi connectivity index (χ4n) is 3.50. The van der Waals surface area contributed by atoms with E-state index in [1.165, 1.54) is 11.1 Å². The van der Waals surface area contributed by atoms with Crippen molar-refractivity contribution in [2.24, 2.45) is 0 Å². The molecule has 4 rings (SSSR count). The summed E-state index contributed by atoms with van der Waals surface area (Å²) in [5, 5.41) is 0.737. The smallest absolute Gasteiger partial charge is 0.260 e. The molecule has 0 N–H and O–H groups in total. The van der Waals surface area contributed by atoms with E-state index in [-0.39, 0.29) is 5.91 Å². The molecule has 1 heterocycles. The van der Waals surface area contributed by atoms with Gasteiger partial charge in [0.25, 0.3) is 5.91 Å². The van der Waals surface area contributed by atoms with Gasteiger partial charge in [0.1, 0.15) is 0 Å². The van der Waals surface area contributed by atoms with Crippen LogP contribution in [0.4, 0.5) is 5.13 Å². The van der Waals surface area contributed by atoms with Crippen LogP contribution >= 0.6 is 11.3 Å². The van der Waals surface area contributed by atoms with E-state index in [2.05, 4.69) is 32.9 Å². The number of hydrogen-bond acceptors (Lipinski definition) is 3. The lowest BCUT2D eigenvalue weighted by Gasteiger charge is -2.20. The molecule has 146 valence electrons. The van der Waals surface area contributed by atoms with Crippen molar-refractivity contribution in [1.29, 1.82) is 0 Å². The molecule has 0 radical (unpaired) electrons. The Balaban J connectivity index is 1.80. The Hall–Kier alpha value is -2.98. The quantitative estimate of drug-likeness (QED) is 0.398. The second kappa shape index (κ2) is 7.80. The van der Waals surface area contributed by atoms with Crippen molar-refractivity contribution in [2.45, 2.75) is 34.2 Å². The van der Waals surface area contributed by atoms with Gasteiger partial charge in [-0.3, -0.25) is 9.69 Å². The predicted molar refractivity (Wildman–Crippen MR) is 122 cm³/mol. The van der Waals surface area contributed by atoms with Crippen LogP contribution in [0.5, 0.6) is 0 Å². The SMILES string of the molecule is Cc1cc(C)c2nc(N(Cc3ccccc3)C(=O)c3ccc(C)c(C)c3)sc2c1. The molecule has 0 spiro atoms. The van der Waals surface area contributed by atoms with Gasteiger partial charge in [0.15, 0.2) is 5.13 Å². The van der Waals surface area contributed by atoms with Crippen molar-refractivity contribution in [1.82, 2.24) is 4.98 Å². The van der Waals surface area contributed by atoms with E-state index in [0.717, 1.165) is 32.0 Å². The summed E-state index contributed by atoms with van der Waals surface area (Å²) in [6, 6.07) is 20.2. The van der Waals surface area contributed by atoms with Gasteiger partial charge < -0.3 is 0 Å². The first kappa shape index (κ1) is 19.3. The van der Waals surface area contributed by atoms with Crippen LogP contribution in [0.2, 0.25) is 0 Å². The third-order valence-corrected chi connectivity index (χ3v) is 6.26. The third-order valence-electron chi connectivity index (χ3n) is 5.23. The Morgan fingerprint density at radius 3 is 2.38 bits per heavy atom. The molecule has 0 bridgehead atoms. The normalized spacial score (nSPS) is 11.0. The number of thiazole rings is 1. The summed E-state index contributed by atoms with van der Waals surface area (Å²) in [6.45, 7) is 8.76. The molecule has 1 amide bonds. The zero-order valence-corrected chi connectivity index (χ0v) is 18.0. The number of anilines is 1. The highest BCUT2D eigenvalue weighted by molar-refractivity contribution is 7.22. The number of rotatable bonds is 4. The molecule has 4 heteroatoms. The number of nitrogens with zero attached hydrogens (tertiary/aromatic N) is 2. The second-order valence-corrected chi connectivity index (χ2v) is 8.61. The Kier molecular flexibility index (Phi) is 5.20. The van der Waals surface area contributed by atoms with Crippen LogP contribution in [0.25, 0.3) is 10.2 Å². The van der Waals surface area contributed by atoms with Crippen molar-refractivity contribution in [3.8, 4) is 0 Å². The number of carbonyl (C=O) groups excluding carboxylic acids is 1. The molecule has 0 aliphatic heterocycles. The molecule has 29 heavy (non-hydrogen) atoms. The summed E-state index contributed by atoms with van der Waals surface area (Å²) >= 11 is 1.58. The Labute approximate surface area is 175 Å². The van der Waals surface area contributed by atoms with E-state index in [1.54, 1.807) is 16.2 Å². The van der Waals surface area contributed by atoms with Crippen LogP contribution in [-0.2, 0) is 6.54 Å². The Morgan fingerprint density at radius 2 is 1.66 bits per heavy atom. The van der Waals surface area contributed by atoms with E-state index in [0.29, 0.717) is 12.1 Å². The standard InChI is InChI=1S/C25H24N2OS/c1-16-12-19(4)23-22(13-16)29-25(26-23)27(15-20-8-6-5-7-9-20)24(28)21-11-10-17(2)18(3)14-21/h5-14H,15H2,1-4H3. The largest absolute Gasteiger partial charge is 0.279 e. The van der Waals surface area contributed by atoms with Crippen LogP contribution in [0, 0.1) is 27.7 Å². The van der Waals surface area contributed by atoms with Crippen molar-refractivity contribution in [2.75, 3.05) is 4.90 Å². The number of carbonyl (C=O) groups is 1. The summed E-state index contributed by atoms with van der Waals surface area (Å²) in [5.74, 6) is -0.0228. The van der Waals surface area contributed by atoms with E-state index in [4.69, 9.17) is 4.98 Å². The van der Waals surface area contributed by atoms with E-state index >= 15 is 0 Å². The van der Waals surface area contributed by atoms with E-state index in [1.807, 2.05) is 55.5 Å². The zero-order chi connectivity index (χ0) is 20.5. The van der Waals surface area contributed by atoms with Crippen molar-refractivity contribution >= 4 is 32.6 Å². The van der Waals surface area contributed by atoms with E-state index < -0.39 is 0 Å². The Morgan fingerprint density at radius 1 is 0.897 bits per heavy atom. The highest BCUT2D eigenvalue weighted by Crippen LogP contribution is 2.33. The number of hydrogen-bond donors (Lipinski definition) is 0. The lowest BCUT2D eigenvalue weighted by Crippen LogP contribution is -2.30. The van der Waals surface area contributed by atoms with Gasteiger partial charge in [-0.25, -0.2) is 4.98 Å². The molecule has 0 fully saturated rings. The molecule has 0 unspecified atom stereocenters. The Bertz CT molecular complexity index is 1190. The highest BCUT2D eigenvalue weighted by atomic mass is 32.1. The summed E-state index contributed by atoms with van der Waals surface area (Å²) < 4.78 is 1.11. The fourth-order valence-corrected chi connectivity index (χ4v) is 4.64. The van der Waals surface area contributed by atoms with Gasteiger partial charge in [-0.2, -0.15) is 0 Å². The zero-order valence-electron chi connectivity index (χ0n) is 17.2. The molecule has 4 aromatic rings. The van der Waals surface area contributed by atoms with E-state index in [9.17, 15) is 4.79 Å². The van der Waals surface area contributed by atoms with Crippen molar-refractivity contribution in [3.05, 3.63) is 94.0 Å². The summed E-state index contributed by atoms with van der Waals surface area (Å²) in [5.41, 5.74) is 7.39. The molecule has 3 aromatic carbocycles. The van der Waals surface area contributed by atoms with Crippen molar-refractivity contribution < 1.29 is 4.79 Å². The first-order valence-corrected chi connectivity index (χ1v) is 10.5. The van der Waals surface area contributed by atoms with Crippen LogP contribution in [-0.4, -0.2) is 10.9 Å². The molecule has 0 saturated carbocycles. The highest BCUT2D eigenvalue weighted by Gasteiger charge is 2.22. The molecule has 0 aliphatic rings. The molecule has 3 nitrogen and oxygen atoms in total. The average Bonchev–Trinajstić information content (AvgIpc) is 3.12. The lowest BCUT2D eigenvalue weighted by atomic mass is 10.1. The maximum atomic E-state index is 13.5. The topological polar surface area (TPSA) is 33.2 Å². The number of fused-ring (bicyclic) bond motifs is 1. The third kappa shape index (κ3) is 3.94. The number of aryl methyl sites for hydroxylation is 4. The number of aromatic nitrogens is 1. The monoisotopic (exact) mass is 400 g/mol. The molecular weight excluding hydrogens is 376 g/mol. The molecular formula is C25H24N2OS. The first-order valence-electron chi connectivity index (χ1n) is 9.73. The van der Waals surface area contributed by atoms with Gasteiger partial charge in [0, 0.05) is 5.56 Å². The van der Waals surface area contributed by atoms with Crippen molar-refractivity contribution in [3.63, 3.8) is 0 Å². The summed E-state index contributed by atoms with van der Waals surface area (Å²) in [6.07, 6.45) is 0. The first-order chi connectivity index (χ1) is 13.9. The van der Waals surface area contributed by atoms with Crippen LogP contribution in [0.15, 0.2) is 60.7 Å². The molecule has 0 saturated heterocycles. The van der Waals surface area contributed by atoms with Gasteiger partial charge in [0.05, 0.1) is 16.8 Å². The minimum Gasteiger partial charge on any atom is -0.279 e. The summed E-state index contributed by atoms with van der Waals surface area (Å²) in [4.78, 5) is 20.2. The van der Waals surface area contributed by atoms with Crippen LogP contribution in [0.3, 0.4) is 0 Å². The van der Waals surface area contributed by atoms with Gasteiger partial charge in [-0.15, -0.1) is 0 Å². The minimum atomic E-state index is -0.0228. The molecule has 0 atom stereocenters. The average molecular weight is 401 g/mol. The minimum absolute atomic E-state index is 0.0228. The molecule has 0 aliphatic carbocycles. The molecule has 1 aromatic heterocycles. The van der Waals surface area contributed by atoms with Gasteiger partial charge in [-0.1, -0.05) is 53.8 Å². The maximum absolute atomic E-state index is 13.5. The maximum Gasteiger partial charge on any atom is 0.260 e. The number of amides is 1. The summed E-state index contributed by atoms with van der Waals surface area (Å²) in [7, 11) is 0. The van der Waals surface area contributed by atoms with Crippen LogP contribution < -0.4 is 4.90 Å². The van der Waals surface area contributed by atoms with Crippen LogP contribution in [0.1, 0.15) is 38.2 Å². The fraction of sp³-hybridized carbons (Fsp3) is 0.200. The second-order valence-electron chi connectivity index (χ2n) is 7.60. The van der Waals surface area contributed by atoms with Gasteiger partial charge >= 0.3 is 0 Å². The lowest BCUT2D eigenvalue weighted by molar-refractivity contribution is 0.0985. The van der Waals surface area contributed by atoms with Gasteiger partial charge in [0.2, 0.25) is 0 Å². The van der Waals surface area contributed by atoms with Gasteiger partial charge in [-0.05, 0) is 73.7 Å². The predicted octanol–water partition coefficient (Wildman–Crippen LogP) is 6.38.